The molecule has 1 spiro atoms. The zero-order chi connectivity index (χ0) is 31.6. The number of benzene rings is 2. The van der Waals surface area contributed by atoms with Crippen molar-refractivity contribution in [3.05, 3.63) is 85.5 Å². The maximum atomic E-state index is 14.9. The number of carbonyl (C=O) groups excluding carboxylic acids is 3. The van der Waals surface area contributed by atoms with Gasteiger partial charge in [0.05, 0.1) is 37.9 Å². The molecule has 0 aromatic heterocycles. The second-order valence-electron chi connectivity index (χ2n) is 12.1. The predicted octanol–water partition coefficient (Wildman–Crippen LogP) is 4.47. The Morgan fingerprint density at radius 2 is 1.86 bits per heavy atom. The van der Waals surface area contributed by atoms with Crippen molar-refractivity contribution in [1.82, 2.24) is 4.90 Å². The Bertz CT molecular complexity index is 1400. The molecule has 9 nitrogen and oxygen atoms in total. The molecule has 2 aromatic rings. The lowest BCUT2D eigenvalue weighted by molar-refractivity contribution is -0.162. The summed E-state index contributed by atoms with van der Waals surface area (Å²) in [5.41, 5.74) is -1.05. The van der Waals surface area contributed by atoms with E-state index < -0.39 is 53.6 Å². The van der Waals surface area contributed by atoms with Crippen LogP contribution in [0.1, 0.15) is 44.7 Å². The van der Waals surface area contributed by atoms with Gasteiger partial charge in [-0.3, -0.25) is 14.4 Å². The smallest absolute Gasteiger partial charge is 0.312 e. The first-order valence-electron chi connectivity index (χ1n) is 15.2. The number of hydrogen-bond donors (Lipinski definition) is 1. The highest BCUT2D eigenvalue weighted by atomic mass is 16.6. The minimum absolute atomic E-state index is 0.148. The number of hydrogen-bond acceptors (Lipinski definition) is 7. The van der Waals surface area contributed by atoms with E-state index in [-0.39, 0.29) is 25.0 Å². The standard InChI is InChI=1S/C35H42N2O7/c1-6-8-12-20-43-33(41)29-28-31(39)37(27(22-38)24-13-10-9-11-14-24)30(35(28)21-23(3)34(29,4)44-35)32(40)36(19-7-2)25-15-17-26(42-5)18-16-25/h6-7,9-11,13-18,23,27-30,38H,1-2,8,12,19-22H2,3-5H3/t23?,27-,28+,29+,30?,34-,35?/m1/s1. The zero-order valence-electron chi connectivity index (χ0n) is 25.7. The third kappa shape index (κ3) is 5.02. The number of likely N-dealkylation sites (tertiary alicyclic amines) is 1. The molecule has 3 aliphatic heterocycles. The number of aliphatic hydroxyl groups excluding tert-OH is 1. The summed E-state index contributed by atoms with van der Waals surface area (Å²) in [6, 6.07) is 14.2. The number of methoxy groups -OCH3 is 1. The summed E-state index contributed by atoms with van der Waals surface area (Å²) in [7, 11) is 1.57. The number of unbranched alkanes of at least 4 members (excludes halogenated alkanes) is 1. The second kappa shape index (κ2) is 12.6. The molecule has 0 saturated carbocycles. The molecular formula is C35H42N2O7. The van der Waals surface area contributed by atoms with Crippen LogP contribution in [-0.4, -0.2) is 71.9 Å². The molecule has 3 aliphatic rings. The summed E-state index contributed by atoms with van der Waals surface area (Å²) in [4.78, 5) is 46.4. The van der Waals surface area contributed by atoms with Gasteiger partial charge in [-0.15, -0.1) is 13.2 Å². The lowest BCUT2D eigenvalue weighted by atomic mass is 9.62. The zero-order valence-corrected chi connectivity index (χ0v) is 25.7. The Morgan fingerprint density at radius 3 is 2.48 bits per heavy atom. The Kier molecular flexibility index (Phi) is 9.00. The van der Waals surface area contributed by atoms with E-state index in [1.807, 2.05) is 44.2 Å². The number of rotatable bonds is 13. The molecule has 44 heavy (non-hydrogen) atoms. The minimum Gasteiger partial charge on any atom is -0.497 e. The number of esters is 1. The maximum absolute atomic E-state index is 14.9. The van der Waals surface area contributed by atoms with Crippen LogP contribution in [0, 0.1) is 17.8 Å². The van der Waals surface area contributed by atoms with Gasteiger partial charge in [-0.05, 0) is 61.9 Å². The van der Waals surface area contributed by atoms with E-state index in [0.29, 0.717) is 36.3 Å². The third-order valence-corrected chi connectivity index (χ3v) is 9.69. The van der Waals surface area contributed by atoms with E-state index >= 15 is 0 Å². The first-order chi connectivity index (χ1) is 21.2. The lowest BCUT2D eigenvalue weighted by Crippen LogP contribution is -2.57. The van der Waals surface area contributed by atoms with Gasteiger partial charge in [-0.2, -0.15) is 0 Å². The molecule has 5 rings (SSSR count). The van der Waals surface area contributed by atoms with Crippen LogP contribution < -0.4 is 9.64 Å². The number of nitrogens with zero attached hydrogens (tertiary/aromatic N) is 2. The largest absolute Gasteiger partial charge is 0.497 e. The first kappa shape index (κ1) is 31.5. The number of allylic oxidation sites excluding steroid dienone is 1. The van der Waals surface area contributed by atoms with Gasteiger partial charge in [0.1, 0.15) is 23.3 Å². The Morgan fingerprint density at radius 1 is 1.16 bits per heavy atom. The van der Waals surface area contributed by atoms with Crippen LogP contribution in [0.3, 0.4) is 0 Å². The number of ether oxygens (including phenoxy) is 3. The van der Waals surface area contributed by atoms with Crippen LogP contribution in [0.2, 0.25) is 0 Å². The number of anilines is 1. The lowest BCUT2D eigenvalue weighted by Gasteiger charge is -2.39. The molecule has 2 amide bonds. The minimum atomic E-state index is -1.30. The average Bonchev–Trinajstić information content (AvgIpc) is 3.55. The first-order valence-corrected chi connectivity index (χ1v) is 15.2. The van der Waals surface area contributed by atoms with Crippen molar-refractivity contribution >= 4 is 23.5 Å². The third-order valence-electron chi connectivity index (χ3n) is 9.69. The number of fused-ring (bicyclic) bond motifs is 1. The molecule has 2 bridgehead atoms. The van der Waals surface area contributed by atoms with E-state index in [1.165, 1.54) is 4.90 Å². The van der Waals surface area contributed by atoms with Crippen molar-refractivity contribution in [1.29, 1.82) is 0 Å². The summed E-state index contributed by atoms with van der Waals surface area (Å²) in [5.74, 6) is -2.66. The Balaban J connectivity index is 1.63. The van der Waals surface area contributed by atoms with E-state index in [2.05, 4.69) is 13.2 Å². The van der Waals surface area contributed by atoms with Crippen molar-refractivity contribution in [2.24, 2.45) is 17.8 Å². The van der Waals surface area contributed by atoms with Crippen LogP contribution in [0.4, 0.5) is 5.69 Å². The van der Waals surface area contributed by atoms with Crippen LogP contribution in [0.15, 0.2) is 79.9 Å². The Labute approximate surface area is 259 Å². The molecule has 0 radical (unpaired) electrons. The van der Waals surface area contributed by atoms with Crippen LogP contribution in [-0.2, 0) is 23.9 Å². The van der Waals surface area contributed by atoms with Crippen molar-refractivity contribution < 1.29 is 33.7 Å². The second-order valence-corrected chi connectivity index (χ2v) is 12.1. The highest BCUT2D eigenvalue weighted by Gasteiger charge is 2.81. The van der Waals surface area contributed by atoms with Gasteiger partial charge in [0, 0.05) is 12.2 Å². The molecular weight excluding hydrogens is 560 g/mol. The fourth-order valence-electron chi connectivity index (χ4n) is 7.53. The van der Waals surface area contributed by atoms with E-state index in [0.717, 1.165) is 0 Å². The van der Waals surface area contributed by atoms with Gasteiger partial charge in [0.15, 0.2) is 0 Å². The number of amides is 2. The number of aliphatic hydroxyl groups is 1. The van der Waals surface area contributed by atoms with E-state index in [9.17, 15) is 19.5 Å². The summed E-state index contributed by atoms with van der Waals surface area (Å²) in [5, 5.41) is 10.8. The van der Waals surface area contributed by atoms with Gasteiger partial charge < -0.3 is 29.1 Å². The van der Waals surface area contributed by atoms with Gasteiger partial charge >= 0.3 is 5.97 Å². The van der Waals surface area contributed by atoms with Crippen molar-refractivity contribution in [3.8, 4) is 5.75 Å². The fourth-order valence-corrected chi connectivity index (χ4v) is 7.53. The molecule has 3 fully saturated rings. The predicted molar refractivity (Wildman–Crippen MR) is 166 cm³/mol. The van der Waals surface area contributed by atoms with E-state index in [1.54, 1.807) is 48.4 Å². The molecule has 3 saturated heterocycles. The molecule has 9 heteroatoms. The van der Waals surface area contributed by atoms with Gasteiger partial charge in [0.25, 0.3) is 5.91 Å². The van der Waals surface area contributed by atoms with E-state index in [4.69, 9.17) is 14.2 Å². The normalized spacial score (nSPS) is 29.2. The van der Waals surface area contributed by atoms with Crippen LogP contribution in [0.5, 0.6) is 5.75 Å². The molecule has 3 unspecified atom stereocenters. The molecule has 1 N–H and O–H groups in total. The quantitative estimate of drug-likeness (QED) is 0.205. The molecule has 7 atom stereocenters. The highest BCUT2D eigenvalue weighted by molar-refractivity contribution is 6.05. The monoisotopic (exact) mass is 602 g/mol. The van der Waals surface area contributed by atoms with Crippen LogP contribution in [0.25, 0.3) is 0 Å². The van der Waals surface area contributed by atoms with Crippen molar-refractivity contribution in [2.75, 3.05) is 31.8 Å². The maximum Gasteiger partial charge on any atom is 0.312 e. The number of carbonyl (C=O) groups is 3. The van der Waals surface area contributed by atoms with Crippen molar-refractivity contribution in [3.63, 3.8) is 0 Å². The SMILES string of the molecule is C=CCCCOC(=O)[C@@H]1[C@H]2C(=O)N([C@H](CO)c3ccccc3)C(C(=O)N(CC=C)c3ccc(OC)cc3)C23CC(C)[C@@]1(C)O3. The summed E-state index contributed by atoms with van der Waals surface area (Å²) < 4.78 is 17.9. The highest BCUT2D eigenvalue weighted by Crippen LogP contribution is 2.66. The van der Waals surface area contributed by atoms with Crippen LogP contribution >= 0.6 is 0 Å². The molecule has 2 aromatic carbocycles. The van der Waals surface area contributed by atoms with Gasteiger partial charge in [0.2, 0.25) is 5.91 Å². The summed E-state index contributed by atoms with van der Waals surface area (Å²) in [6.45, 7) is 11.4. The molecule has 234 valence electrons. The van der Waals surface area contributed by atoms with Crippen molar-refractivity contribution in [2.45, 2.75) is 56.4 Å². The molecule has 3 heterocycles. The summed E-state index contributed by atoms with van der Waals surface area (Å²) >= 11 is 0. The molecule has 0 aliphatic carbocycles. The topological polar surface area (TPSA) is 106 Å². The van der Waals surface area contributed by atoms with Gasteiger partial charge in [-0.1, -0.05) is 49.4 Å². The fraction of sp³-hybridized carbons (Fsp3) is 0.457. The Hall–Kier alpha value is -3.95. The average molecular weight is 603 g/mol. The summed E-state index contributed by atoms with van der Waals surface area (Å²) in [6.07, 6.45) is 5.09. The van der Waals surface area contributed by atoms with Gasteiger partial charge in [-0.25, -0.2) is 0 Å².